The number of aromatic nitrogens is 3. The van der Waals surface area contributed by atoms with E-state index in [1.165, 1.54) is 0 Å². The van der Waals surface area contributed by atoms with Crippen molar-refractivity contribution in [2.24, 2.45) is 14.1 Å². The van der Waals surface area contributed by atoms with Gasteiger partial charge in [0.1, 0.15) is 6.26 Å². The summed E-state index contributed by atoms with van der Waals surface area (Å²) in [7, 11) is 3.63. The summed E-state index contributed by atoms with van der Waals surface area (Å²) >= 11 is -1.16. The quantitative estimate of drug-likeness (QED) is 0.541. The molecule has 2 heterocycles. The van der Waals surface area contributed by atoms with Crippen LogP contribution in [0.1, 0.15) is 0 Å². The Labute approximate surface area is 165 Å². The Hall–Kier alpha value is -3.03. The molecule has 0 bridgehead atoms. The summed E-state index contributed by atoms with van der Waals surface area (Å²) in [5, 5.41) is 5.77. The van der Waals surface area contributed by atoms with E-state index < -0.39 is 11.4 Å². The van der Waals surface area contributed by atoms with Gasteiger partial charge in [-0.1, -0.05) is 18.2 Å². The van der Waals surface area contributed by atoms with Crippen molar-refractivity contribution in [3.8, 4) is 22.3 Å². The molecule has 2 aromatic heterocycles. The van der Waals surface area contributed by atoms with Crippen molar-refractivity contribution in [1.29, 1.82) is 0 Å². The molecule has 1 N–H and O–H groups in total. The fourth-order valence-electron chi connectivity index (χ4n) is 3.36. The Balaban J connectivity index is 1.94. The van der Waals surface area contributed by atoms with E-state index in [4.69, 9.17) is 0 Å². The Morgan fingerprint density at radius 1 is 1.00 bits per heavy atom. The third kappa shape index (κ3) is 3.42. The van der Waals surface area contributed by atoms with E-state index in [-0.39, 0.29) is 5.56 Å². The minimum Gasteiger partial charge on any atom is -0.593 e. The number of hydrogen-bond donors (Lipinski definition) is 1. The molecule has 0 aliphatic carbocycles. The van der Waals surface area contributed by atoms with Crippen LogP contribution < -0.4 is 10.3 Å². The van der Waals surface area contributed by atoms with E-state index in [1.54, 1.807) is 22.6 Å². The van der Waals surface area contributed by atoms with Crippen LogP contribution in [0.3, 0.4) is 0 Å². The molecule has 0 amide bonds. The lowest BCUT2D eigenvalue weighted by molar-refractivity contribution is 0.605. The predicted octanol–water partition coefficient (Wildman–Crippen LogP) is 3.31. The summed E-state index contributed by atoms with van der Waals surface area (Å²) in [6.07, 6.45) is 7.19. The highest BCUT2D eigenvalue weighted by molar-refractivity contribution is 7.92. The van der Waals surface area contributed by atoms with Gasteiger partial charge >= 0.3 is 0 Å². The number of nitrogens with zero attached hydrogens (tertiary/aromatic N) is 3. The maximum atomic E-state index is 12.7. The van der Waals surface area contributed by atoms with Crippen LogP contribution in [-0.2, 0) is 25.5 Å². The SMILES string of the molecule is Cn1cc(-c2ccc3c(=O)n(C)cc(-c4cccc(N[S+](C)[O-])c4)c3c2)cn1. The number of benzene rings is 2. The molecule has 7 heteroatoms. The van der Waals surface area contributed by atoms with Gasteiger partial charge in [-0.2, -0.15) is 5.10 Å². The molecular weight excluding hydrogens is 372 g/mol. The van der Waals surface area contributed by atoms with Gasteiger partial charge in [0.2, 0.25) is 0 Å². The number of fused-ring (bicyclic) bond motifs is 1. The van der Waals surface area contributed by atoms with Crippen molar-refractivity contribution in [3.05, 3.63) is 71.4 Å². The Morgan fingerprint density at radius 3 is 2.54 bits per heavy atom. The number of nitrogens with one attached hydrogen (secondary N) is 1. The second-order valence-corrected chi connectivity index (χ2v) is 7.87. The second-order valence-electron chi connectivity index (χ2n) is 6.76. The summed E-state index contributed by atoms with van der Waals surface area (Å²) in [4.78, 5) is 12.7. The van der Waals surface area contributed by atoms with Crippen molar-refractivity contribution in [1.82, 2.24) is 14.3 Å². The van der Waals surface area contributed by atoms with E-state index in [1.807, 2.05) is 68.1 Å². The minimum atomic E-state index is -1.16. The van der Waals surface area contributed by atoms with Gasteiger partial charge < -0.3 is 9.12 Å². The van der Waals surface area contributed by atoms with E-state index in [9.17, 15) is 9.35 Å². The molecule has 1 unspecified atom stereocenters. The lowest BCUT2D eigenvalue weighted by Crippen LogP contribution is -2.16. The molecule has 0 aliphatic rings. The first-order valence-electron chi connectivity index (χ1n) is 8.75. The molecule has 0 spiro atoms. The average molecular weight is 392 g/mol. The highest BCUT2D eigenvalue weighted by Crippen LogP contribution is 2.31. The standard InChI is InChI=1S/C21H20N4O2S/c1-24-13-20(15-5-4-6-17(9-15)23-28(3)27)19-10-14(7-8-18(19)21(24)26)16-11-22-25(2)12-16/h4-13,23H,1-3H3. The van der Waals surface area contributed by atoms with Crippen LogP contribution in [0.4, 0.5) is 5.69 Å². The maximum Gasteiger partial charge on any atom is 0.258 e. The first kappa shape index (κ1) is 18.3. The van der Waals surface area contributed by atoms with Crippen LogP contribution in [0.5, 0.6) is 0 Å². The summed E-state index contributed by atoms with van der Waals surface area (Å²) in [6, 6.07) is 13.6. The third-order valence-electron chi connectivity index (χ3n) is 4.66. The Kier molecular flexibility index (Phi) is 4.70. The Morgan fingerprint density at radius 2 is 1.82 bits per heavy atom. The fraction of sp³-hybridized carbons (Fsp3) is 0.143. The summed E-state index contributed by atoms with van der Waals surface area (Å²) in [5.41, 5.74) is 4.60. The molecule has 142 valence electrons. The molecular formula is C21H20N4O2S. The zero-order valence-corrected chi connectivity index (χ0v) is 16.7. The maximum absolute atomic E-state index is 12.7. The van der Waals surface area contributed by atoms with Gasteiger partial charge in [0.05, 0.1) is 23.2 Å². The van der Waals surface area contributed by atoms with Crippen LogP contribution in [-0.4, -0.2) is 25.2 Å². The van der Waals surface area contributed by atoms with Crippen molar-refractivity contribution in [2.45, 2.75) is 0 Å². The number of pyridine rings is 1. The van der Waals surface area contributed by atoms with Crippen LogP contribution in [0.25, 0.3) is 33.0 Å². The number of hydrogen-bond acceptors (Lipinski definition) is 4. The van der Waals surface area contributed by atoms with E-state index in [2.05, 4.69) is 9.82 Å². The van der Waals surface area contributed by atoms with E-state index in [0.29, 0.717) is 5.39 Å². The van der Waals surface area contributed by atoms with Gasteiger partial charge in [-0.25, -0.2) is 4.72 Å². The lowest BCUT2D eigenvalue weighted by Gasteiger charge is -2.13. The largest absolute Gasteiger partial charge is 0.593 e. The summed E-state index contributed by atoms with van der Waals surface area (Å²) in [6.45, 7) is 0. The van der Waals surface area contributed by atoms with Crippen molar-refractivity contribution >= 4 is 27.8 Å². The molecule has 4 aromatic rings. The van der Waals surface area contributed by atoms with Gasteiger partial charge in [0.15, 0.2) is 0 Å². The van der Waals surface area contributed by atoms with E-state index in [0.717, 1.165) is 33.3 Å². The normalized spacial score (nSPS) is 12.3. The summed E-state index contributed by atoms with van der Waals surface area (Å²) < 4.78 is 17.8. The van der Waals surface area contributed by atoms with Crippen molar-refractivity contribution in [3.63, 3.8) is 0 Å². The smallest absolute Gasteiger partial charge is 0.258 e. The fourth-order valence-corrected chi connectivity index (χ4v) is 3.82. The first-order chi connectivity index (χ1) is 13.4. The molecule has 0 saturated carbocycles. The first-order valence-corrected chi connectivity index (χ1v) is 10.3. The molecule has 2 aromatic carbocycles. The topological polar surface area (TPSA) is 74.9 Å². The molecule has 6 nitrogen and oxygen atoms in total. The second kappa shape index (κ2) is 7.18. The van der Waals surface area contributed by atoms with Gasteiger partial charge in [-0.3, -0.25) is 9.48 Å². The number of anilines is 1. The van der Waals surface area contributed by atoms with Crippen LogP contribution in [0.2, 0.25) is 0 Å². The highest BCUT2D eigenvalue weighted by Gasteiger charge is 2.12. The molecule has 0 radical (unpaired) electrons. The minimum absolute atomic E-state index is 0.0413. The third-order valence-corrected chi connectivity index (χ3v) is 5.18. The van der Waals surface area contributed by atoms with Gasteiger partial charge in [0, 0.05) is 43.0 Å². The van der Waals surface area contributed by atoms with Gasteiger partial charge in [-0.15, -0.1) is 0 Å². The van der Waals surface area contributed by atoms with Gasteiger partial charge in [-0.05, 0) is 40.8 Å². The lowest BCUT2D eigenvalue weighted by atomic mass is 9.97. The molecule has 28 heavy (non-hydrogen) atoms. The summed E-state index contributed by atoms with van der Waals surface area (Å²) in [5.74, 6) is 0. The zero-order valence-electron chi connectivity index (χ0n) is 15.8. The number of aryl methyl sites for hydroxylation is 2. The van der Waals surface area contributed by atoms with Crippen LogP contribution >= 0.6 is 0 Å². The van der Waals surface area contributed by atoms with Gasteiger partial charge in [0.25, 0.3) is 5.56 Å². The molecule has 4 rings (SSSR count). The molecule has 0 fully saturated rings. The highest BCUT2D eigenvalue weighted by atomic mass is 32.2. The van der Waals surface area contributed by atoms with Crippen molar-refractivity contribution < 1.29 is 4.55 Å². The average Bonchev–Trinajstić information content (AvgIpc) is 3.10. The monoisotopic (exact) mass is 392 g/mol. The Bertz CT molecular complexity index is 1230. The molecule has 0 aliphatic heterocycles. The van der Waals surface area contributed by atoms with Crippen LogP contribution in [0, 0.1) is 0 Å². The predicted molar refractivity (Wildman–Crippen MR) is 115 cm³/mol. The van der Waals surface area contributed by atoms with Crippen molar-refractivity contribution in [2.75, 3.05) is 11.0 Å². The van der Waals surface area contributed by atoms with E-state index >= 15 is 0 Å². The number of rotatable bonds is 4. The molecule has 0 saturated heterocycles. The van der Waals surface area contributed by atoms with Crippen LogP contribution in [0.15, 0.2) is 65.8 Å². The zero-order chi connectivity index (χ0) is 19.8. The molecule has 1 atom stereocenters.